The van der Waals surface area contributed by atoms with Gasteiger partial charge < -0.3 is 15.7 Å². The molecule has 1 rings (SSSR count). The minimum atomic E-state index is -0.941. The Morgan fingerprint density at radius 3 is 2.21 bits per heavy atom. The van der Waals surface area contributed by atoms with E-state index in [0.29, 0.717) is 6.54 Å². The maximum Gasteiger partial charge on any atom is 0.335 e. The van der Waals surface area contributed by atoms with Crippen LogP contribution in [0.15, 0.2) is 24.3 Å². The molecule has 5 nitrogen and oxygen atoms in total. The Kier molecular flexibility index (Phi) is 5.51. The van der Waals surface area contributed by atoms with Gasteiger partial charge in [0.25, 0.3) is 0 Å². The van der Waals surface area contributed by atoms with Gasteiger partial charge in [-0.05, 0) is 38.5 Å². The van der Waals surface area contributed by atoms with Gasteiger partial charge in [-0.1, -0.05) is 12.1 Å². The Labute approximate surface area is 113 Å². The van der Waals surface area contributed by atoms with E-state index in [-0.39, 0.29) is 23.6 Å². The van der Waals surface area contributed by atoms with Crippen LogP contribution in [0.4, 0.5) is 0 Å². The van der Waals surface area contributed by atoms with E-state index in [4.69, 9.17) is 5.11 Å². The molecule has 1 aromatic rings. The van der Waals surface area contributed by atoms with Crippen molar-refractivity contribution in [2.45, 2.75) is 39.4 Å². The van der Waals surface area contributed by atoms with E-state index < -0.39 is 5.97 Å². The largest absolute Gasteiger partial charge is 0.478 e. The number of rotatable bonds is 6. The van der Waals surface area contributed by atoms with E-state index in [9.17, 15) is 9.59 Å². The Balaban J connectivity index is 2.48. The van der Waals surface area contributed by atoms with Gasteiger partial charge >= 0.3 is 5.97 Å². The molecular formula is C14H20N2O3. The average Bonchev–Trinajstić information content (AvgIpc) is 2.35. The number of carboxylic acid groups (broad SMARTS) is 1. The van der Waals surface area contributed by atoms with Crippen molar-refractivity contribution < 1.29 is 14.7 Å². The fraction of sp³-hybridized carbons (Fsp3) is 0.429. The van der Waals surface area contributed by atoms with Crippen LogP contribution >= 0.6 is 0 Å². The van der Waals surface area contributed by atoms with Crippen LogP contribution < -0.4 is 10.6 Å². The third kappa shape index (κ3) is 5.09. The summed E-state index contributed by atoms with van der Waals surface area (Å²) in [5.41, 5.74) is 1.20. The van der Waals surface area contributed by atoms with Crippen LogP contribution in [0.25, 0.3) is 0 Å². The number of carboxylic acids is 1. The van der Waals surface area contributed by atoms with Crippen LogP contribution in [0.5, 0.6) is 0 Å². The Bertz CT molecular complexity index is 441. The lowest BCUT2D eigenvalue weighted by atomic mass is 10.1. The third-order valence-corrected chi connectivity index (χ3v) is 2.64. The van der Waals surface area contributed by atoms with Crippen LogP contribution in [-0.2, 0) is 11.3 Å². The Hall–Kier alpha value is -1.88. The van der Waals surface area contributed by atoms with Crippen molar-refractivity contribution >= 4 is 11.9 Å². The van der Waals surface area contributed by atoms with Crippen LogP contribution in [0.3, 0.4) is 0 Å². The molecule has 0 saturated carbocycles. The molecule has 0 fully saturated rings. The maximum absolute atomic E-state index is 11.7. The topological polar surface area (TPSA) is 78.4 Å². The summed E-state index contributed by atoms with van der Waals surface area (Å²) in [6, 6.07) is 6.41. The van der Waals surface area contributed by atoms with Crippen molar-refractivity contribution in [3.8, 4) is 0 Å². The van der Waals surface area contributed by atoms with Crippen molar-refractivity contribution in [3.05, 3.63) is 35.4 Å². The first-order chi connectivity index (χ1) is 8.90. The molecule has 0 aromatic heterocycles. The van der Waals surface area contributed by atoms with Crippen LogP contribution in [0.1, 0.15) is 36.7 Å². The first-order valence-corrected chi connectivity index (χ1v) is 6.26. The summed E-state index contributed by atoms with van der Waals surface area (Å²) in [5.74, 6) is -0.985. The summed E-state index contributed by atoms with van der Waals surface area (Å²) in [5, 5.41) is 14.7. The minimum absolute atomic E-state index is 0.0443. The fourth-order valence-corrected chi connectivity index (χ4v) is 1.54. The molecule has 0 radical (unpaired) electrons. The zero-order valence-corrected chi connectivity index (χ0v) is 11.4. The standard InChI is InChI=1S/C14H20N2O3/c1-9(2)16-13(17)10(3)15-8-11-4-6-12(7-5-11)14(18)19/h4-7,9-10,15H,8H2,1-3H3,(H,16,17)(H,18,19). The number of carbonyl (C=O) groups excluding carboxylic acids is 1. The van der Waals surface area contributed by atoms with Crippen LogP contribution in [-0.4, -0.2) is 29.1 Å². The highest BCUT2D eigenvalue weighted by molar-refractivity contribution is 5.87. The number of amides is 1. The lowest BCUT2D eigenvalue weighted by Crippen LogP contribution is -2.44. The van der Waals surface area contributed by atoms with Crippen molar-refractivity contribution in [1.29, 1.82) is 0 Å². The maximum atomic E-state index is 11.7. The van der Waals surface area contributed by atoms with Crippen molar-refractivity contribution in [2.75, 3.05) is 0 Å². The molecule has 1 aromatic carbocycles. The molecule has 0 aliphatic heterocycles. The van der Waals surface area contributed by atoms with Gasteiger partial charge in [0.1, 0.15) is 0 Å². The molecule has 0 aliphatic rings. The molecule has 19 heavy (non-hydrogen) atoms. The van der Waals surface area contributed by atoms with Crippen molar-refractivity contribution in [2.24, 2.45) is 0 Å². The zero-order chi connectivity index (χ0) is 14.4. The quantitative estimate of drug-likeness (QED) is 0.725. The number of hydrogen-bond donors (Lipinski definition) is 3. The molecule has 1 atom stereocenters. The van der Waals surface area contributed by atoms with Gasteiger partial charge in [0, 0.05) is 12.6 Å². The van der Waals surface area contributed by atoms with Crippen LogP contribution in [0, 0.1) is 0 Å². The highest BCUT2D eigenvalue weighted by Crippen LogP contribution is 2.04. The summed E-state index contributed by atoms with van der Waals surface area (Å²) >= 11 is 0. The van der Waals surface area contributed by atoms with Crippen molar-refractivity contribution in [3.63, 3.8) is 0 Å². The number of benzene rings is 1. The van der Waals surface area contributed by atoms with Gasteiger partial charge in [-0.25, -0.2) is 4.79 Å². The zero-order valence-electron chi connectivity index (χ0n) is 11.4. The first-order valence-electron chi connectivity index (χ1n) is 6.26. The summed E-state index contributed by atoms with van der Waals surface area (Å²) in [6.45, 7) is 6.14. The third-order valence-electron chi connectivity index (χ3n) is 2.64. The summed E-state index contributed by atoms with van der Waals surface area (Å²) in [4.78, 5) is 22.4. The average molecular weight is 264 g/mol. The van der Waals surface area contributed by atoms with Crippen molar-refractivity contribution in [1.82, 2.24) is 10.6 Å². The Morgan fingerprint density at radius 2 is 1.74 bits per heavy atom. The van der Waals surface area contributed by atoms with Gasteiger partial charge in [0.05, 0.1) is 11.6 Å². The molecule has 5 heteroatoms. The monoisotopic (exact) mass is 264 g/mol. The molecule has 1 amide bonds. The van der Waals surface area contributed by atoms with E-state index in [1.54, 1.807) is 31.2 Å². The van der Waals surface area contributed by atoms with E-state index in [2.05, 4.69) is 10.6 Å². The molecule has 0 aliphatic carbocycles. The van der Waals surface area contributed by atoms with Gasteiger partial charge in [-0.15, -0.1) is 0 Å². The molecule has 0 spiro atoms. The lowest BCUT2D eigenvalue weighted by Gasteiger charge is -2.16. The summed E-state index contributed by atoms with van der Waals surface area (Å²) < 4.78 is 0. The smallest absolute Gasteiger partial charge is 0.335 e. The number of carbonyl (C=O) groups is 2. The van der Waals surface area contributed by atoms with E-state index in [1.807, 2.05) is 13.8 Å². The fourth-order valence-electron chi connectivity index (χ4n) is 1.54. The van der Waals surface area contributed by atoms with E-state index in [0.717, 1.165) is 5.56 Å². The highest BCUT2D eigenvalue weighted by Gasteiger charge is 2.12. The second-order valence-corrected chi connectivity index (χ2v) is 4.77. The molecule has 3 N–H and O–H groups in total. The molecule has 1 unspecified atom stereocenters. The second-order valence-electron chi connectivity index (χ2n) is 4.77. The van der Waals surface area contributed by atoms with E-state index >= 15 is 0 Å². The first kappa shape index (κ1) is 15.2. The highest BCUT2D eigenvalue weighted by atomic mass is 16.4. The molecule has 0 bridgehead atoms. The predicted molar refractivity (Wildman–Crippen MR) is 73.0 cm³/mol. The predicted octanol–water partition coefficient (Wildman–Crippen LogP) is 1.39. The molecule has 104 valence electrons. The Morgan fingerprint density at radius 1 is 1.16 bits per heavy atom. The summed E-state index contributed by atoms with van der Waals surface area (Å²) in [7, 11) is 0. The lowest BCUT2D eigenvalue weighted by molar-refractivity contribution is -0.123. The van der Waals surface area contributed by atoms with Gasteiger partial charge in [-0.3, -0.25) is 4.79 Å². The number of hydrogen-bond acceptors (Lipinski definition) is 3. The number of nitrogens with one attached hydrogen (secondary N) is 2. The normalized spacial score (nSPS) is 12.2. The van der Waals surface area contributed by atoms with E-state index in [1.165, 1.54) is 0 Å². The van der Waals surface area contributed by atoms with Gasteiger partial charge in [0.2, 0.25) is 5.91 Å². The van der Waals surface area contributed by atoms with Gasteiger partial charge in [-0.2, -0.15) is 0 Å². The minimum Gasteiger partial charge on any atom is -0.478 e. The number of aromatic carboxylic acids is 1. The SMILES string of the molecule is CC(C)NC(=O)C(C)NCc1ccc(C(=O)O)cc1. The molecule has 0 heterocycles. The molecule has 0 saturated heterocycles. The van der Waals surface area contributed by atoms with Crippen LogP contribution in [0.2, 0.25) is 0 Å². The van der Waals surface area contributed by atoms with Gasteiger partial charge in [0.15, 0.2) is 0 Å². The second kappa shape index (κ2) is 6.89. The summed E-state index contributed by atoms with van der Waals surface area (Å²) in [6.07, 6.45) is 0. The molecular weight excluding hydrogens is 244 g/mol.